The van der Waals surface area contributed by atoms with Crippen LogP contribution in [-0.2, 0) is 15.8 Å². The van der Waals surface area contributed by atoms with Gasteiger partial charge in [-0.1, -0.05) is 36.0 Å². The van der Waals surface area contributed by atoms with E-state index in [0.29, 0.717) is 12.2 Å². The van der Waals surface area contributed by atoms with Crippen LogP contribution in [-0.4, -0.2) is 33.7 Å². The van der Waals surface area contributed by atoms with Crippen molar-refractivity contribution < 1.29 is 22.8 Å². The number of aliphatic imine (C=N–C) groups is 1. The number of hydrogen-bond acceptors (Lipinski definition) is 4. The minimum Gasteiger partial charge on any atom is -0.325 e. The molecular formula is C20H18F3N3O2S. The molecule has 3 rings (SSSR count). The molecule has 2 aromatic carbocycles. The number of halogens is 3. The van der Waals surface area contributed by atoms with Gasteiger partial charge in [0.25, 0.3) is 0 Å². The second-order valence-electron chi connectivity index (χ2n) is 6.25. The third kappa shape index (κ3) is 5.17. The van der Waals surface area contributed by atoms with Gasteiger partial charge in [-0.15, -0.1) is 0 Å². The molecule has 1 aliphatic rings. The Morgan fingerprint density at radius 2 is 1.93 bits per heavy atom. The highest BCUT2D eigenvalue weighted by molar-refractivity contribution is 8.15. The van der Waals surface area contributed by atoms with Crippen LogP contribution in [0.2, 0.25) is 0 Å². The summed E-state index contributed by atoms with van der Waals surface area (Å²) >= 11 is 1.07. The number of para-hydroxylation sites is 1. The highest BCUT2D eigenvalue weighted by Crippen LogP contribution is 2.33. The van der Waals surface area contributed by atoms with E-state index in [1.54, 1.807) is 31.2 Å². The van der Waals surface area contributed by atoms with Crippen LogP contribution in [0.25, 0.3) is 0 Å². The number of carbonyl (C=O) groups excluding carboxylic acids is 2. The molecule has 1 N–H and O–H groups in total. The number of hydrogen-bond donors (Lipinski definition) is 1. The van der Waals surface area contributed by atoms with Crippen molar-refractivity contribution in [1.82, 2.24) is 4.90 Å². The van der Waals surface area contributed by atoms with Crippen LogP contribution < -0.4 is 5.32 Å². The second-order valence-corrected chi connectivity index (χ2v) is 7.42. The molecule has 1 heterocycles. The Morgan fingerprint density at radius 3 is 2.59 bits per heavy atom. The zero-order chi connectivity index (χ0) is 21.0. The standard InChI is InChI=1S/C20H18F3N3O2S/c1-2-26-17(27)12-16(18(28)24-14-8-4-3-5-9-14)29-19(26)25-15-10-6-7-13(11-15)20(21,22)23/h3-11,16H,2,12H2,1H3,(H,24,28). The van der Waals surface area contributed by atoms with Crippen LogP contribution >= 0.6 is 11.8 Å². The van der Waals surface area contributed by atoms with E-state index in [4.69, 9.17) is 0 Å². The lowest BCUT2D eigenvalue weighted by Crippen LogP contribution is -2.45. The minimum absolute atomic E-state index is 0.0151. The summed E-state index contributed by atoms with van der Waals surface area (Å²) in [6.07, 6.45) is -4.51. The van der Waals surface area contributed by atoms with E-state index < -0.39 is 17.0 Å². The van der Waals surface area contributed by atoms with Gasteiger partial charge in [-0.05, 0) is 37.3 Å². The topological polar surface area (TPSA) is 61.8 Å². The maximum absolute atomic E-state index is 13.0. The van der Waals surface area contributed by atoms with Gasteiger partial charge in [0.05, 0.1) is 11.3 Å². The molecule has 1 aliphatic heterocycles. The number of nitrogens with one attached hydrogen (secondary N) is 1. The fourth-order valence-electron chi connectivity index (χ4n) is 2.76. The SMILES string of the molecule is CCN1C(=O)CC(C(=O)Nc2ccccc2)SC1=Nc1cccc(C(F)(F)F)c1. The molecule has 2 aromatic rings. The molecule has 0 saturated carbocycles. The number of rotatable bonds is 4. The summed E-state index contributed by atoms with van der Waals surface area (Å²) in [6.45, 7) is 2.04. The highest BCUT2D eigenvalue weighted by Gasteiger charge is 2.35. The molecule has 1 atom stereocenters. The molecule has 9 heteroatoms. The number of benzene rings is 2. The molecule has 0 radical (unpaired) electrons. The summed E-state index contributed by atoms with van der Waals surface area (Å²) in [4.78, 5) is 30.7. The summed E-state index contributed by atoms with van der Waals surface area (Å²) < 4.78 is 38.9. The normalized spacial score (nSPS) is 18.8. The first-order chi connectivity index (χ1) is 13.8. The maximum Gasteiger partial charge on any atom is 0.416 e. The van der Waals surface area contributed by atoms with Crippen molar-refractivity contribution in [2.45, 2.75) is 24.8 Å². The fraction of sp³-hybridized carbons (Fsp3) is 0.250. The maximum atomic E-state index is 13.0. The number of anilines is 1. The van der Waals surface area contributed by atoms with E-state index in [1.165, 1.54) is 17.0 Å². The van der Waals surface area contributed by atoms with Gasteiger partial charge < -0.3 is 5.32 Å². The van der Waals surface area contributed by atoms with Crippen molar-refractivity contribution in [2.24, 2.45) is 4.99 Å². The molecule has 1 unspecified atom stereocenters. The van der Waals surface area contributed by atoms with Crippen LogP contribution in [0, 0.1) is 0 Å². The molecule has 29 heavy (non-hydrogen) atoms. The summed E-state index contributed by atoms with van der Waals surface area (Å²) in [7, 11) is 0. The minimum atomic E-state index is -4.49. The van der Waals surface area contributed by atoms with E-state index in [9.17, 15) is 22.8 Å². The van der Waals surface area contributed by atoms with E-state index in [1.807, 2.05) is 6.07 Å². The average Bonchev–Trinajstić information content (AvgIpc) is 2.68. The summed E-state index contributed by atoms with van der Waals surface area (Å²) in [5.41, 5.74) is -0.162. The lowest BCUT2D eigenvalue weighted by Gasteiger charge is -2.31. The van der Waals surface area contributed by atoms with Crippen LogP contribution in [0.3, 0.4) is 0 Å². The van der Waals surface area contributed by atoms with Crippen molar-refractivity contribution in [1.29, 1.82) is 0 Å². The fourth-order valence-corrected chi connectivity index (χ4v) is 3.92. The molecule has 0 aliphatic carbocycles. The van der Waals surface area contributed by atoms with Crippen molar-refractivity contribution >= 4 is 40.1 Å². The predicted octanol–water partition coefficient (Wildman–Crippen LogP) is 4.69. The Kier molecular flexibility index (Phi) is 6.26. The van der Waals surface area contributed by atoms with Gasteiger partial charge in [-0.3, -0.25) is 14.5 Å². The van der Waals surface area contributed by atoms with Crippen molar-refractivity contribution in [3.63, 3.8) is 0 Å². The Balaban J connectivity index is 1.85. The number of amides is 2. The summed E-state index contributed by atoms with van der Waals surface area (Å²) in [5.74, 6) is -0.660. The second kappa shape index (κ2) is 8.69. The Labute approximate surface area is 170 Å². The monoisotopic (exact) mass is 421 g/mol. The number of amidine groups is 1. The van der Waals surface area contributed by atoms with Gasteiger partial charge in [-0.2, -0.15) is 13.2 Å². The van der Waals surface area contributed by atoms with Gasteiger partial charge >= 0.3 is 6.18 Å². The van der Waals surface area contributed by atoms with E-state index >= 15 is 0 Å². The first-order valence-electron chi connectivity index (χ1n) is 8.87. The summed E-state index contributed by atoms with van der Waals surface area (Å²) in [5, 5.41) is 2.22. The van der Waals surface area contributed by atoms with Crippen LogP contribution in [0.15, 0.2) is 59.6 Å². The first-order valence-corrected chi connectivity index (χ1v) is 9.74. The predicted molar refractivity (Wildman–Crippen MR) is 107 cm³/mol. The smallest absolute Gasteiger partial charge is 0.325 e. The van der Waals surface area contributed by atoms with E-state index in [2.05, 4.69) is 10.3 Å². The molecule has 2 amide bonds. The number of alkyl halides is 3. The zero-order valence-corrected chi connectivity index (χ0v) is 16.3. The Hall–Kier alpha value is -2.81. The van der Waals surface area contributed by atoms with Gasteiger partial charge in [0.1, 0.15) is 5.25 Å². The van der Waals surface area contributed by atoms with Crippen LogP contribution in [0.4, 0.5) is 24.5 Å². The van der Waals surface area contributed by atoms with Gasteiger partial charge in [0.2, 0.25) is 11.8 Å². The third-order valence-corrected chi connectivity index (χ3v) is 5.38. The van der Waals surface area contributed by atoms with Crippen molar-refractivity contribution in [3.05, 3.63) is 60.2 Å². The largest absolute Gasteiger partial charge is 0.416 e. The number of carbonyl (C=O) groups is 2. The Morgan fingerprint density at radius 1 is 1.21 bits per heavy atom. The van der Waals surface area contributed by atoms with E-state index in [-0.39, 0.29) is 29.1 Å². The average molecular weight is 421 g/mol. The molecule has 0 aromatic heterocycles. The molecule has 0 spiro atoms. The molecule has 0 bridgehead atoms. The van der Waals surface area contributed by atoms with Crippen LogP contribution in [0.5, 0.6) is 0 Å². The molecular weight excluding hydrogens is 403 g/mol. The lowest BCUT2D eigenvalue weighted by atomic mass is 10.2. The quantitative estimate of drug-likeness (QED) is 0.779. The third-order valence-electron chi connectivity index (χ3n) is 4.19. The van der Waals surface area contributed by atoms with Crippen molar-refractivity contribution in [3.8, 4) is 0 Å². The molecule has 152 valence electrons. The lowest BCUT2D eigenvalue weighted by molar-refractivity contribution is -0.137. The van der Waals surface area contributed by atoms with Gasteiger partial charge in [-0.25, -0.2) is 4.99 Å². The first kappa shape index (κ1) is 20.9. The van der Waals surface area contributed by atoms with Crippen LogP contribution in [0.1, 0.15) is 18.9 Å². The molecule has 1 fully saturated rings. The number of nitrogens with zero attached hydrogens (tertiary/aromatic N) is 2. The summed E-state index contributed by atoms with van der Waals surface area (Å²) in [6, 6.07) is 13.4. The molecule has 1 saturated heterocycles. The molecule has 5 nitrogen and oxygen atoms in total. The van der Waals surface area contributed by atoms with Gasteiger partial charge in [0.15, 0.2) is 5.17 Å². The highest BCUT2D eigenvalue weighted by atomic mass is 32.2. The van der Waals surface area contributed by atoms with E-state index in [0.717, 1.165) is 23.9 Å². The number of thioether (sulfide) groups is 1. The zero-order valence-electron chi connectivity index (χ0n) is 15.4. The van der Waals surface area contributed by atoms with Crippen molar-refractivity contribution in [2.75, 3.05) is 11.9 Å². The Bertz CT molecular complexity index is 932. The van der Waals surface area contributed by atoms with Gasteiger partial charge in [0, 0.05) is 18.7 Å².